The van der Waals surface area contributed by atoms with Crippen molar-refractivity contribution in [3.63, 3.8) is 0 Å². The Hall–Kier alpha value is -3.09. The van der Waals surface area contributed by atoms with E-state index in [4.69, 9.17) is 10.2 Å². The molecule has 0 bridgehead atoms. The summed E-state index contributed by atoms with van der Waals surface area (Å²) < 4.78 is 6.78. The minimum atomic E-state index is -0.448. The average molecular weight is 284 g/mol. The van der Waals surface area contributed by atoms with Gasteiger partial charge < -0.3 is 10.2 Å². The number of anilines is 1. The quantitative estimate of drug-likeness (QED) is 0.588. The van der Waals surface area contributed by atoms with Crippen LogP contribution in [0.3, 0.4) is 0 Å². The number of nitro benzene ring substituents is 1. The number of hydrogen-bond acceptors (Lipinski definition) is 5. The van der Waals surface area contributed by atoms with Crippen LogP contribution in [0.1, 0.15) is 5.76 Å². The summed E-state index contributed by atoms with van der Waals surface area (Å²) in [6.45, 7) is 1.84. The fourth-order valence-electron chi connectivity index (χ4n) is 2.10. The molecular weight excluding hydrogens is 272 g/mol. The maximum atomic E-state index is 10.7. The second-order valence-corrected chi connectivity index (χ2v) is 4.53. The van der Waals surface area contributed by atoms with Crippen molar-refractivity contribution in [2.24, 2.45) is 0 Å². The number of benzene rings is 1. The average Bonchev–Trinajstić information content (AvgIpc) is 3.05. The molecule has 7 nitrogen and oxygen atoms in total. The minimum Gasteiger partial charge on any atom is -0.469 e. The minimum absolute atomic E-state index is 0.0235. The zero-order valence-corrected chi connectivity index (χ0v) is 11.2. The summed E-state index contributed by atoms with van der Waals surface area (Å²) in [4.78, 5) is 10.2. The SMILES string of the molecule is Cc1occc1-c1cc(N)n(-c2ccc([N+](=O)[O-])cc2)n1. The highest BCUT2D eigenvalue weighted by Gasteiger charge is 2.13. The second kappa shape index (κ2) is 4.78. The third-order valence-corrected chi connectivity index (χ3v) is 3.18. The van der Waals surface area contributed by atoms with E-state index in [1.165, 1.54) is 16.8 Å². The van der Waals surface area contributed by atoms with Gasteiger partial charge in [-0.05, 0) is 25.1 Å². The normalized spacial score (nSPS) is 10.7. The van der Waals surface area contributed by atoms with Crippen LogP contribution >= 0.6 is 0 Å². The van der Waals surface area contributed by atoms with Crippen LogP contribution in [0, 0.1) is 17.0 Å². The lowest BCUT2D eigenvalue weighted by Gasteiger charge is -2.03. The lowest BCUT2D eigenvalue weighted by Crippen LogP contribution is -2.01. The van der Waals surface area contributed by atoms with Gasteiger partial charge in [-0.15, -0.1) is 0 Å². The van der Waals surface area contributed by atoms with Gasteiger partial charge in [0, 0.05) is 23.8 Å². The van der Waals surface area contributed by atoms with Crippen molar-refractivity contribution in [3.05, 3.63) is 58.5 Å². The summed E-state index contributed by atoms with van der Waals surface area (Å²) in [5.74, 6) is 1.20. The van der Waals surface area contributed by atoms with E-state index in [1.807, 2.05) is 13.0 Å². The van der Waals surface area contributed by atoms with Crippen LogP contribution in [0.15, 0.2) is 47.1 Å². The predicted octanol–water partition coefficient (Wildman–Crippen LogP) is 2.93. The molecule has 0 aliphatic carbocycles. The third kappa shape index (κ3) is 2.25. The zero-order valence-electron chi connectivity index (χ0n) is 11.2. The fourth-order valence-corrected chi connectivity index (χ4v) is 2.10. The Balaban J connectivity index is 2.02. The van der Waals surface area contributed by atoms with Crippen LogP contribution in [-0.2, 0) is 0 Å². The molecule has 0 radical (unpaired) electrons. The summed E-state index contributed by atoms with van der Waals surface area (Å²) in [5, 5.41) is 15.1. The number of hydrogen-bond donors (Lipinski definition) is 1. The van der Waals surface area contributed by atoms with Gasteiger partial charge in [0.25, 0.3) is 5.69 Å². The first kappa shape index (κ1) is 12.9. The molecule has 3 aromatic rings. The van der Waals surface area contributed by atoms with Crippen molar-refractivity contribution < 1.29 is 9.34 Å². The van der Waals surface area contributed by atoms with Crippen molar-refractivity contribution in [1.82, 2.24) is 9.78 Å². The van der Waals surface area contributed by atoms with E-state index in [0.29, 0.717) is 17.2 Å². The van der Waals surface area contributed by atoms with E-state index in [1.54, 1.807) is 24.5 Å². The number of rotatable bonds is 3. The molecular formula is C14H12N4O3. The van der Waals surface area contributed by atoms with Crippen molar-refractivity contribution >= 4 is 11.5 Å². The maximum Gasteiger partial charge on any atom is 0.269 e. The van der Waals surface area contributed by atoms with Gasteiger partial charge in [-0.1, -0.05) is 0 Å². The Morgan fingerprint density at radius 3 is 2.57 bits per heavy atom. The van der Waals surface area contributed by atoms with E-state index < -0.39 is 4.92 Å². The smallest absolute Gasteiger partial charge is 0.269 e. The largest absolute Gasteiger partial charge is 0.469 e. The molecule has 0 fully saturated rings. The Morgan fingerprint density at radius 1 is 1.29 bits per heavy atom. The van der Waals surface area contributed by atoms with E-state index in [2.05, 4.69) is 5.10 Å². The standard InChI is InChI=1S/C14H12N4O3/c1-9-12(6-7-21-9)13-8-14(15)17(16-13)10-2-4-11(5-3-10)18(19)20/h2-8H,15H2,1H3. The fraction of sp³-hybridized carbons (Fsp3) is 0.0714. The van der Waals surface area contributed by atoms with Crippen LogP contribution < -0.4 is 5.73 Å². The number of nitrogens with two attached hydrogens (primary N) is 1. The molecule has 0 saturated heterocycles. The van der Waals surface area contributed by atoms with Crippen molar-refractivity contribution in [3.8, 4) is 16.9 Å². The Morgan fingerprint density at radius 2 is 2.00 bits per heavy atom. The number of nitrogens with zero attached hydrogens (tertiary/aromatic N) is 3. The molecule has 0 spiro atoms. The number of non-ortho nitro benzene ring substituents is 1. The number of aryl methyl sites for hydroxylation is 1. The van der Waals surface area contributed by atoms with Gasteiger partial charge in [-0.25, -0.2) is 4.68 Å². The monoisotopic (exact) mass is 284 g/mol. The second-order valence-electron chi connectivity index (χ2n) is 4.53. The van der Waals surface area contributed by atoms with Gasteiger partial charge in [0.1, 0.15) is 11.6 Å². The van der Waals surface area contributed by atoms with Crippen molar-refractivity contribution in [1.29, 1.82) is 0 Å². The number of furan rings is 1. The molecule has 21 heavy (non-hydrogen) atoms. The van der Waals surface area contributed by atoms with Crippen LogP contribution in [0.5, 0.6) is 0 Å². The molecule has 0 unspecified atom stereocenters. The van der Waals surface area contributed by atoms with Crippen LogP contribution in [0.2, 0.25) is 0 Å². The summed E-state index contributed by atoms with van der Waals surface area (Å²) in [7, 11) is 0. The number of nitro groups is 1. The molecule has 1 aromatic carbocycles. The Kier molecular flexibility index (Phi) is 2.94. The van der Waals surface area contributed by atoms with Crippen molar-refractivity contribution in [2.75, 3.05) is 5.73 Å². The first-order chi connectivity index (χ1) is 10.1. The molecule has 2 N–H and O–H groups in total. The first-order valence-corrected chi connectivity index (χ1v) is 6.21. The summed E-state index contributed by atoms with van der Waals surface area (Å²) in [5.41, 5.74) is 8.20. The Bertz CT molecular complexity index is 802. The molecule has 2 heterocycles. The highest BCUT2D eigenvalue weighted by Crippen LogP contribution is 2.26. The third-order valence-electron chi connectivity index (χ3n) is 3.18. The number of aromatic nitrogens is 2. The zero-order chi connectivity index (χ0) is 15.0. The van der Waals surface area contributed by atoms with Gasteiger partial charge in [-0.3, -0.25) is 10.1 Å². The molecule has 2 aromatic heterocycles. The molecule has 0 atom stereocenters. The van der Waals surface area contributed by atoms with E-state index >= 15 is 0 Å². The van der Waals surface area contributed by atoms with Gasteiger partial charge >= 0.3 is 0 Å². The van der Waals surface area contributed by atoms with Crippen LogP contribution in [0.25, 0.3) is 16.9 Å². The lowest BCUT2D eigenvalue weighted by molar-refractivity contribution is -0.384. The highest BCUT2D eigenvalue weighted by molar-refractivity contribution is 5.65. The molecule has 0 saturated carbocycles. The van der Waals surface area contributed by atoms with Gasteiger partial charge in [0.2, 0.25) is 0 Å². The molecule has 7 heteroatoms. The van der Waals surface area contributed by atoms with E-state index in [0.717, 1.165) is 11.3 Å². The Labute approximate surface area is 119 Å². The van der Waals surface area contributed by atoms with E-state index in [-0.39, 0.29) is 5.69 Å². The first-order valence-electron chi connectivity index (χ1n) is 6.21. The van der Waals surface area contributed by atoms with Crippen LogP contribution in [0.4, 0.5) is 11.5 Å². The maximum absolute atomic E-state index is 10.7. The molecule has 0 aliphatic rings. The van der Waals surface area contributed by atoms with Crippen LogP contribution in [-0.4, -0.2) is 14.7 Å². The van der Waals surface area contributed by atoms with E-state index in [9.17, 15) is 10.1 Å². The molecule has 106 valence electrons. The molecule has 0 aliphatic heterocycles. The van der Waals surface area contributed by atoms with Gasteiger partial charge in [0.05, 0.1) is 22.6 Å². The summed E-state index contributed by atoms with van der Waals surface area (Å²) in [6, 6.07) is 9.59. The van der Waals surface area contributed by atoms with Gasteiger partial charge in [0.15, 0.2) is 0 Å². The lowest BCUT2D eigenvalue weighted by atomic mass is 10.2. The van der Waals surface area contributed by atoms with Gasteiger partial charge in [-0.2, -0.15) is 5.10 Å². The molecule has 0 amide bonds. The highest BCUT2D eigenvalue weighted by atomic mass is 16.6. The number of nitrogen functional groups attached to an aromatic ring is 1. The summed E-state index contributed by atoms with van der Waals surface area (Å²) in [6.07, 6.45) is 1.59. The van der Waals surface area contributed by atoms with Crippen molar-refractivity contribution in [2.45, 2.75) is 6.92 Å². The predicted molar refractivity (Wildman–Crippen MR) is 77.1 cm³/mol. The molecule has 3 rings (SSSR count). The summed E-state index contributed by atoms with van der Waals surface area (Å²) >= 11 is 0. The topological polar surface area (TPSA) is 100 Å².